The molecule has 0 saturated heterocycles. The summed E-state index contributed by atoms with van der Waals surface area (Å²) >= 11 is 7.25. The van der Waals surface area contributed by atoms with E-state index in [-0.39, 0.29) is 30.4 Å². The maximum Gasteiger partial charge on any atom is 0.226 e. The summed E-state index contributed by atoms with van der Waals surface area (Å²) in [5.41, 5.74) is 0.371. The molecule has 6 nitrogen and oxygen atoms in total. The molecule has 128 valence electrons. The van der Waals surface area contributed by atoms with Gasteiger partial charge in [-0.1, -0.05) is 36.8 Å². The first kappa shape index (κ1) is 18.4. The van der Waals surface area contributed by atoms with Gasteiger partial charge in [-0.25, -0.2) is 0 Å². The molecule has 1 aromatic carbocycles. The van der Waals surface area contributed by atoms with Crippen LogP contribution in [0.3, 0.4) is 0 Å². The van der Waals surface area contributed by atoms with Gasteiger partial charge in [-0.2, -0.15) is 0 Å². The van der Waals surface area contributed by atoms with E-state index < -0.39 is 0 Å². The van der Waals surface area contributed by atoms with Crippen LogP contribution >= 0.6 is 22.9 Å². The van der Waals surface area contributed by atoms with Gasteiger partial charge in [-0.15, -0.1) is 10.2 Å². The molecule has 2 aromatic rings. The molecule has 1 aromatic heterocycles. The van der Waals surface area contributed by atoms with Crippen molar-refractivity contribution in [2.75, 3.05) is 12.4 Å². The van der Waals surface area contributed by atoms with Gasteiger partial charge in [0.25, 0.3) is 0 Å². The highest BCUT2D eigenvalue weighted by Gasteiger charge is 2.16. The molecule has 0 spiro atoms. The van der Waals surface area contributed by atoms with Crippen LogP contribution in [-0.2, 0) is 4.79 Å². The lowest BCUT2D eigenvalue weighted by molar-refractivity contribution is -0.116. The molecule has 0 atom stereocenters. The minimum atomic E-state index is -0.282. The maximum atomic E-state index is 12.3. The average molecular weight is 368 g/mol. The van der Waals surface area contributed by atoms with Crippen LogP contribution in [0.25, 0.3) is 0 Å². The molecule has 0 aliphatic rings. The van der Waals surface area contributed by atoms with Crippen molar-refractivity contribution in [3.05, 3.63) is 33.8 Å². The Kier molecular flexibility index (Phi) is 6.28. The molecule has 0 aliphatic heterocycles. The second kappa shape index (κ2) is 8.21. The van der Waals surface area contributed by atoms with E-state index >= 15 is 0 Å². The number of hydrogen-bond acceptors (Lipinski definition) is 6. The summed E-state index contributed by atoms with van der Waals surface area (Å²) in [6.45, 7) is 4.01. The molecule has 1 N–H and O–H groups in total. The topological polar surface area (TPSA) is 81.2 Å². The number of amides is 1. The summed E-state index contributed by atoms with van der Waals surface area (Å²) < 4.78 is 5.15. The monoisotopic (exact) mass is 367 g/mol. The van der Waals surface area contributed by atoms with Crippen molar-refractivity contribution < 1.29 is 14.3 Å². The zero-order chi connectivity index (χ0) is 17.7. The van der Waals surface area contributed by atoms with Crippen LogP contribution in [0.4, 0.5) is 5.13 Å². The Bertz CT molecular complexity index is 746. The number of carbonyl (C=O) groups is 2. The summed E-state index contributed by atoms with van der Waals surface area (Å²) in [7, 11) is 1.48. The van der Waals surface area contributed by atoms with Gasteiger partial charge in [0, 0.05) is 23.8 Å². The first-order valence-corrected chi connectivity index (χ1v) is 8.60. The Morgan fingerprint density at radius 2 is 2.04 bits per heavy atom. The van der Waals surface area contributed by atoms with Crippen molar-refractivity contribution in [3.63, 3.8) is 0 Å². The van der Waals surface area contributed by atoms with Crippen molar-refractivity contribution in [2.45, 2.75) is 32.6 Å². The molecule has 0 unspecified atom stereocenters. The average Bonchev–Trinajstić information content (AvgIpc) is 3.01. The van der Waals surface area contributed by atoms with Gasteiger partial charge in [-0.05, 0) is 18.2 Å². The van der Waals surface area contributed by atoms with Crippen LogP contribution in [0.15, 0.2) is 18.2 Å². The molecule has 24 heavy (non-hydrogen) atoms. The first-order valence-electron chi connectivity index (χ1n) is 7.40. The van der Waals surface area contributed by atoms with Crippen molar-refractivity contribution in [2.24, 2.45) is 0 Å². The highest BCUT2D eigenvalue weighted by atomic mass is 35.5. The number of methoxy groups -OCH3 is 1. The fourth-order valence-electron chi connectivity index (χ4n) is 1.96. The third kappa shape index (κ3) is 4.75. The van der Waals surface area contributed by atoms with E-state index in [4.69, 9.17) is 16.3 Å². The number of ketones is 1. The van der Waals surface area contributed by atoms with E-state index in [1.165, 1.54) is 18.4 Å². The molecule has 8 heteroatoms. The molecule has 0 bridgehead atoms. The van der Waals surface area contributed by atoms with E-state index in [1.807, 2.05) is 13.8 Å². The SMILES string of the molecule is COc1ccc(Cl)cc1C(=O)CCC(=O)Nc1nnc(C(C)C)s1. The summed E-state index contributed by atoms with van der Waals surface area (Å²) in [6.07, 6.45) is 0.101. The smallest absolute Gasteiger partial charge is 0.226 e. The maximum absolute atomic E-state index is 12.3. The number of rotatable bonds is 7. The Hall–Kier alpha value is -1.99. The Balaban J connectivity index is 1.93. The van der Waals surface area contributed by atoms with Crippen LogP contribution in [0.2, 0.25) is 5.02 Å². The Labute approximate surface area is 149 Å². The summed E-state index contributed by atoms with van der Waals surface area (Å²) in [5, 5.41) is 12.3. The molecule has 0 saturated carbocycles. The molecular formula is C16H18ClN3O3S. The van der Waals surface area contributed by atoms with Crippen LogP contribution in [-0.4, -0.2) is 29.0 Å². The lowest BCUT2D eigenvalue weighted by atomic mass is 10.1. The first-order chi connectivity index (χ1) is 11.4. The van der Waals surface area contributed by atoms with E-state index in [0.717, 1.165) is 5.01 Å². The number of carbonyl (C=O) groups excluding carboxylic acids is 2. The minimum absolute atomic E-state index is 0.0467. The van der Waals surface area contributed by atoms with Gasteiger partial charge in [0.1, 0.15) is 10.8 Å². The Morgan fingerprint density at radius 1 is 1.29 bits per heavy atom. The van der Waals surface area contributed by atoms with Crippen LogP contribution in [0, 0.1) is 0 Å². The fraction of sp³-hybridized carbons (Fsp3) is 0.375. The Morgan fingerprint density at radius 3 is 2.67 bits per heavy atom. The fourth-order valence-corrected chi connectivity index (χ4v) is 2.89. The zero-order valence-electron chi connectivity index (χ0n) is 13.6. The number of halogens is 1. The molecule has 2 rings (SSSR count). The summed E-state index contributed by atoms with van der Waals surface area (Å²) in [5.74, 6) is 0.209. The highest BCUT2D eigenvalue weighted by molar-refractivity contribution is 7.15. The number of benzene rings is 1. The predicted molar refractivity (Wildman–Crippen MR) is 94.2 cm³/mol. The van der Waals surface area contributed by atoms with E-state index in [9.17, 15) is 9.59 Å². The number of Topliss-reactive ketones (excluding diaryl/α,β-unsaturated/α-hetero) is 1. The molecule has 0 aliphatic carbocycles. The van der Waals surface area contributed by atoms with E-state index in [0.29, 0.717) is 21.5 Å². The standard InChI is InChI=1S/C16H18ClN3O3S/c1-9(2)15-19-20-16(24-15)18-14(22)7-5-12(21)11-8-10(17)4-6-13(11)23-3/h4,6,8-9H,5,7H2,1-3H3,(H,18,20,22). The van der Waals surface area contributed by atoms with Crippen molar-refractivity contribution in [1.29, 1.82) is 0 Å². The second-order valence-corrected chi connectivity index (χ2v) is 6.86. The lowest BCUT2D eigenvalue weighted by Crippen LogP contribution is -2.13. The molecule has 0 radical (unpaired) electrons. The third-order valence-corrected chi connectivity index (χ3v) is 4.60. The quantitative estimate of drug-likeness (QED) is 0.750. The van der Waals surface area contributed by atoms with E-state index in [1.54, 1.807) is 18.2 Å². The lowest BCUT2D eigenvalue weighted by Gasteiger charge is -2.08. The van der Waals surface area contributed by atoms with Crippen LogP contribution < -0.4 is 10.1 Å². The van der Waals surface area contributed by atoms with Crippen molar-refractivity contribution in [3.8, 4) is 5.75 Å². The number of anilines is 1. The number of ether oxygens (including phenoxy) is 1. The number of hydrogen-bond donors (Lipinski definition) is 1. The van der Waals surface area contributed by atoms with E-state index in [2.05, 4.69) is 15.5 Å². The van der Waals surface area contributed by atoms with Crippen LogP contribution in [0.5, 0.6) is 5.75 Å². The molecule has 1 amide bonds. The number of nitrogens with one attached hydrogen (secondary N) is 1. The molecule has 0 fully saturated rings. The second-order valence-electron chi connectivity index (χ2n) is 5.42. The molecular weight excluding hydrogens is 350 g/mol. The summed E-state index contributed by atoms with van der Waals surface area (Å²) in [6, 6.07) is 4.82. The molecule has 1 heterocycles. The summed E-state index contributed by atoms with van der Waals surface area (Å²) in [4.78, 5) is 24.2. The predicted octanol–water partition coefficient (Wildman–Crippen LogP) is 3.93. The normalized spacial score (nSPS) is 10.7. The van der Waals surface area contributed by atoms with Gasteiger partial charge in [0.15, 0.2) is 5.78 Å². The highest BCUT2D eigenvalue weighted by Crippen LogP contribution is 2.25. The van der Waals surface area contributed by atoms with Gasteiger partial charge in [0.05, 0.1) is 12.7 Å². The van der Waals surface area contributed by atoms with Gasteiger partial charge < -0.3 is 10.1 Å². The van der Waals surface area contributed by atoms with Crippen molar-refractivity contribution >= 4 is 39.8 Å². The van der Waals surface area contributed by atoms with Crippen molar-refractivity contribution in [1.82, 2.24) is 10.2 Å². The largest absolute Gasteiger partial charge is 0.496 e. The third-order valence-electron chi connectivity index (χ3n) is 3.22. The number of nitrogens with zero attached hydrogens (tertiary/aromatic N) is 2. The van der Waals surface area contributed by atoms with Gasteiger partial charge >= 0.3 is 0 Å². The number of aromatic nitrogens is 2. The van der Waals surface area contributed by atoms with Gasteiger partial charge in [0.2, 0.25) is 11.0 Å². The zero-order valence-corrected chi connectivity index (χ0v) is 15.2. The minimum Gasteiger partial charge on any atom is -0.496 e. The van der Waals surface area contributed by atoms with Gasteiger partial charge in [-0.3, -0.25) is 9.59 Å². The van der Waals surface area contributed by atoms with Crippen LogP contribution in [0.1, 0.15) is 48.0 Å².